The molecule has 0 fully saturated rings. The third-order valence-corrected chi connectivity index (χ3v) is 3.96. The summed E-state index contributed by atoms with van der Waals surface area (Å²) in [5.74, 6) is 5.98. The number of nitrogens with two attached hydrogens (primary N) is 1. The van der Waals surface area contributed by atoms with Crippen molar-refractivity contribution in [2.45, 2.75) is 24.8 Å². The fourth-order valence-electron chi connectivity index (χ4n) is 2.85. The van der Waals surface area contributed by atoms with Crippen LogP contribution in [0.15, 0.2) is 48.5 Å². The smallest absolute Gasteiger partial charge is 0.123 e. The summed E-state index contributed by atoms with van der Waals surface area (Å²) < 4.78 is 12.9. The number of hydrazine groups is 1. The summed E-state index contributed by atoms with van der Waals surface area (Å²) in [4.78, 5) is 0. The van der Waals surface area contributed by atoms with E-state index in [0.717, 1.165) is 18.4 Å². The number of hydrogen-bond donors (Lipinski definition) is 2. The Bertz CT molecular complexity index is 565. The zero-order chi connectivity index (χ0) is 13.2. The lowest BCUT2D eigenvalue weighted by Crippen LogP contribution is -2.31. The van der Waals surface area contributed by atoms with E-state index in [-0.39, 0.29) is 11.9 Å². The summed E-state index contributed by atoms with van der Waals surface area (Å²) in [6, 6.07) is 15.1. The lowest BCUT2D eigenvalue weighted by Gasteiger charge is -2.33. The van der Waals surface area contributed by atoms with Crippen LogP contribution in [0, 0.1) is 5.82 Å². The van der Waals surface area contributed by atoms with Gasteiger partial charge in [-0.15, -0.1) is 0 Å². The summed E-state index contributed by atoms with van der Waals surface area (Å²) in [6.07, 6.45) is 2.05. The molecule has 3 N–H and O–H groups in total. The van der Waals surface area contributed by atoms with Gasteiger partial charge in [-0.2, -0.15) is 0 Å². The third-order valence-electron chi connectivity index (χ3n) is 3.96. The average Bonchev–Trinajstić information content (AvgIpc) is 2.42. The molecular weight excluding hydrogens is 239 g/mol. The maximum absolute atomic E-state index is 12.9. The summed E-state index contributed by atoms with van der Waals surface area (Å²) in [5.41, 5.74) is 6.73. The van der Waals surface area contributed by atoms with Gasteiger partial charge in [0.2, 0.25) is 0 Å². The van der Waals surface area contributed by atoms with Gasteiger partial charge in [-0.25, -0.2) is 4.39 Å². The second-order valence-electron chi connectivity index (χ2n) is 5.11. The number of hydrogen-bond acceptors (Lipinski definition) is 2. The number of rotatable bonds is 4. The normalized spacial score (nSPS) is 18.5. The first-order valence-electron chi connectivity index (χ1n) is 6.57. The molecule has 98 valence electrons. The molecule has 0 amide bonds. The van der Waals surface area contributed by atoms with E-state index in [1.165, 1.54) is 23.3 Å². The Balaban J connectivity index is 1.73. The molecule has 0 aliphatic heterocycles. The van der Waals surface area contributed by atoms with Gasteiger partial charge in [0.25, 0.3) is 0 Å². The molecule has 2 nitrogen and oxygen atoms in total. The van der Waals surface area contributed by atoms with Gasteiger partial charge in [0.15, 0.2) is 0 Å². The predicted molar refractivity (Wildman–Crippen MR) is 74.0 cm³/mol. The van der Waals surface area contributed by atoms with Crippen LogP contribution in [-0.2, 0) is 6.42 Å². The molecule has 2 aromatic carbocycles. The molecule has 1 aliphatic rings. The van der Waals surface area contributed by atoms with Gasteiger partial charge in [-0.05, 0) is 47.6 Å². The van der Waals surface area contributed by atoms with Crippen molar-refractivity contribution in [3.05, 3.63) is 71.0 Å². The van der Waals surface area contributed by atoms with Crippen LogP contribution in [0.2, 0.25) is 0 Å². The maximum atomic E-state index is 12.9. The molecule has 3 rings (SSSR count). The number of fused-ring (bicyclic) bond motifs is 1. The largest absolute Gasteiger partial charge is 0.271 e. The quantitative estimate of drug-likeness (QED) is 0.651. The van der Waals surface area contributed by atoms with Crippen molar-refractivity contribution in [1.29, 1.82) is 0 Å². The Labute approximate surface area is 112 Å². The van der Waals surface area contributed by atoms with Gasteiger partial charge < -0.3 is 0 Å². The van der Waals surface area contributed by atoms with Crippen LogP contribution < -0.4 is 11.3 Å². The topological polar surface area (TPSA) is 38.0 Å². The van der Waals surface area contributed by atoms with Crippen LogP contribution >= 0.6 is 0 Å². The Morgan fingerprint density at radius 2 is 1.89 bits per heavy atom. The first kappa shape index (κ1) is 12.3. The maximum Gasteiger partial charge on any atom is 0.123 e. The SMILES string of the molecule is NNC(CC1Cc2ccccc21)c1ccc(F)cc1. The van der Waals surface area contributed by atoms with Crippen LogP contribution in [0.3, 0.4) is 0 Å². The van der Waals surface area contributed by atoms with Crippen molar-refractivity contribution < 1.29 is 4.39 Å². The Hall–Kier alpha value is -1.71. The molecule has 0 aromatic heterocycles. The van der Waals surface area contributed by atoms with E-state index in [0.29, 0.717) is 5.92 Å². The molecule has 19 heavy (non-hydrogen) atoms. The fourth-order valence-corrected chi connectivity index (χ4v) is 2.85. The monoisotopic (exact) mass is 256 g/mol. The molecule has 0 bridgehead atoms. The molecule has 0 spiro atoms. The van der Waals surface area contributed by atoms with Crippen LogP contribution in [0.5, 0.6) is 0 Å². The van der Waals surface area contributed by atoms with Crippen LogP contribution in [0.25, 0.3) is 0 Å². The van der Waals surface area contributed by atoms with Crippen LogP contribution in [0.1, 0.15) is 35.1 Å². The molecule has 0 heterocycles. The first-order chi connectivity index (χ1) is 9.28. The van der Waals surface area contributed by atoms with E-state index in [1.54, 1.807) is 12.1 Å². The predicted octanol–water partition coefficient (Wildman–Crippen LogP) is 3.06. The minimum atomic E-state index is -0.214. The standard InChI is InChI=1S/C16H17FN2/c17-14-7-5-11(6-8-14)16(19-18)10-13-9-12-3-1-2-4-15(12)13/h1-8,13,16,19H,9-10,18H2. The van der Waals surface area contributed by atoms with Gasteiger partial charge in [0.05, 0.1) is 0 Å². The minimum absolute atomic E-state index is 0.0685. The second-order valence-corrected chi connectivity index (χ2v) is 5.11. The van der Waals surface area contributed by atoms with Gasteiger partial charge in [0.1, 0.15) is 5.82 Å². The Kier molecular flexibility index (Phi) is 3.32. The van der Waals surface area contributed by atoms with Gasteiger partial charge in [0, 0.05) is 6.04 Å². The summed E-state index contributed by atoms with van der Waals surface area (Å²) in [6.45, 7) is 0. The molecule has 0 saturated heterocycles. The minimum Gasteiger partial charge on any atom is -0.271 e. The van der Waals surface area contributed by atoms with E-state index in [1.807, 2.05) is 0 Å². The van der Waals surface area contributed by atoms with Crippen LogP contribution in [-0.4, -0.2) is 0 Å². The average molecular weight is 256 g/mol. The molecule has 0 radical (unpaired) electrons. The van der Waals surface area contributed by atoms with E-state index in [4.69, 9.17) is 5.84 Å². The van der Waals surface area contributed by atoms with Gasteiger partial charge in [-0.3, -0.25) is 11.3 Å². The Morgan fingerprint density at radius 3 is 2.58 bits per heavy atom. The summed E-state index contributed by atoms with van der Waals surface area (Å²) in [7, 11) is 0. The molecule has 1 aliphatic carbocycles. The molecule has 3 heteroatoms. The summed E-state index contributed by atoms with van der Waals surface area (Å²) >= 11 is 0. The lowest BCUT2D eigenvalue weighted by atomic mass is 9.74. The molecule has 2 unspecified atom stereocenters. The number of nitrogens with one attached hydrogen (secondary N) is 1. The van der Waals surface area contributed by atoms with E-state index in [9.17, 15) is 4.39 Å². The Morgan fingerprint density at radius 1 is 1.16 bits per heavy atom. The second kappa shape index (κ2) is 5.11. The zero-order valence-electron chi connectivity index (χ0n) is 10.6. The van der Waals surface area contributed by atoms with Crippen molar-refractivity contribution in [3.63, 3.8) is 0 Å². The lowest BCUT2D eigenvalue weighted by molar-refractivity contribution is 0.435. The highest BCUT2D eigenvalue weighted by atomic mass is 19.1. The van der Waals surface area contributed by atoms with E-state index in [2.05, 4.69) is 29.7 Å². The molecule has 2 atom stereocenters. The number of benzene rings is 2. The van der Waals surface area contributed by atoms with Crippen molar-refractivity contribution in [2.75, 3.05) is 0 Å². The fraction of sp³-hybridized carbons (Fsp3) is 0.250. The van der Waals surface area contributed by atoms with Gasteiger partial charge >= 0.3 is 0 Å². The zero-order valence-corrected chi connectivity index (χ0v) is 10.6. The number of halogens is 1. The molecular formula is C16H17FN2. The van der Waals surface area contributed by atoms with E-state index >= 15 is 0 Å². The summed E-state index contributed by atoms with van der Waals surface area (Å²) in [5, 5.41) is 0. The van der Waals surface area contributed by atoms with Crippen molar-refractivity contribution in [2.24, 2.45) is 5.84 Å². The van der Waals surface area contributed by atoms with E-state index < -0.39 is 0 Å². The van der Waals surface area contributed by atoms with Crippen molar-refractivity contribution in [3.8, 4) is 0 Å². The van der Waals surface area contributed by atoms with Crippen molar-refractivity contribution >= 4 is 0 Å². The highest BCUT2D eigenvalue weighted by molar-refractivity contribution is 5.40. The molecule has 2 aromatic rings. The van der Waals surface area contributed by atoms with Crippen molar-refractivity contribution in [1.82, 2.24) is 5.43 Å². The van der Waals surface area contributed by atoms with Gasteiger partial charge in [-0.1, -0.05) is 36.4 Å². The highest BCUT2D eigenvalue weighted by Gasteiger charge is 2.28. The first-order valence-corrected chi connectivity index (χ1v) is 6.57. The molecule has 0 saturated carbocycles. The van der Waals surface area contributed by atoms with Crippen LogP contribution in [0.4, 0.5) is 4.39 Å². The third kappa shape index (κ3) is 2.39. The highest BCUT2D eigenvalue weighted by Crippen LogP contribution is 2.40.